The number of benzene rings is 1. The highest BCUT2D eigenvalue weighted by Gasteiger charge is 2.12. The predicted octanol–water partition coefficient (Wildman–Crippen LogP) is 3.27. The molecule has 102 valence electrons. The van der Waals surface area contributed by atoms with E-state index in [4.69, 9.17) is 28.5 Å². The quantitative estimate of drug-likeness (QED) is 0.646. The van der Waals surface area contributed by atoms with Crippen LogP contribution in [0.3, 0.4) is 0 Å². The van der Waals surface area contributed by atoms with E-state index in [1.165, 1.54) is 6.20 Å². The Morgan fingerprint density at radius 1 is 1.35 bits per heavy atom. The van der Waals surface area contributed by atoms with Crippen molar-refractivity contribution in [2.45, 2.75) is 0 Å². The molecular weight excluding hydrogens is 297 g/mol. The number of nitriles is 1. The Balaban J connectivity index is 2.54. The highest BCUT2D eigenvalue weighted by atomic mass is 35.5. The van der Waals surface area contributed by atoms with E-state index in [-0.39, 0.29) is 0 Å². The van der Waals surface area contributed by atoms with E-state index >= 15 is 0 Å². The molecule has 0 spiro atoms. The van der Waals surface area contributed by atoms with Crippen LogP contribution in [0.25, 0.3) is 5.69 Å². The molecule has 0 unspecified atom stereocenters. The molecule has 0 fully saturated rings. The Kier molecular flexibility index (Phi) is 4.28. The van der Waals surface area contributed by atoms with Gasteiger partial charge in [-0.05, 0) is 18.2 Å². The van der Waals surface area contributed by atoms with E-state index in [9.17, 15) is 0 Å². The molecular formula is C13H11Cl2N5. The number of aromatic nitrogens is 2. The maximum Gasteiger partial charge on any atom is 0.175 e. The first-order valence-corrected chi connectivity index (χ1v) is 6.42. The maximum atomic E-state index is 9.10. The fourth-order valence-electron chi connectivity index (χ4n) is 1.52. The Labute approximate surface area is 126 Å². The van der Waals surface area contributed by atoms with Crippen LogP contribution in [0.4, 0.5) is 5.82 Å². The molecule has 0 saturated carbocycles. The van der Waals surface area contributed by atoms with Gasteiger partial charge in [0.25, 0.3) is 0 Å². The van der Waals surface area contributed by atoms with Gasteiger partial charge in [-0.2, -0.15) is 10.4 Å². The number of nitrogens with zero attached hydrogens (tertiary/aromatic N) is 5. The fraction of sp³-hybridized carbons (Fsp3) is 0.154. The van der Waals surface area contributed by atoms with Crippen molar-refractivity contribution in [2.75, 3.05) is 14.1 Å². The van der Waals surface area contributed by atoms with Gasteiger partial charge in [-0.15, -0.1) is 0 Å². The molecule has 1 heterocycles. The first-order chi connectivity index (χ1) is 9.52. The van der Waals surface area contributed by atoms with E-state index in [0.717, 1.165) is 0 Å². The number of hydrogen-bond donors (Lipinski definition) is 0. The zero-order chi connectivity index (χ0) is 14.7. The third-order valence-electron chi connectivity index (χ3n) is 2.42. The van der Waals surface area contributed by atoms with Crippen LogP contribution in [0.2, 0.25) is 10.0 Å². The van der Waals surface area contributed by atoms with Crippen molar-refractivity contribution in [3.8, 4) is 11.8 Å². The zero-order valence-corrected chi connectivity index (χ0v) is 12.4. The van der Waals surface area contributed by atoms with E-state index in [2.05, 4.69) is 16.2 Å². The van der Waals surface area contributed by atoms with Gasteiger partial charge in [0.15, 0.2) is 5.82 Å². The van der Waals surface area contributed by atoms with Crippen molar-refractivity contribution in [1.82, 2.24) is 14.7 Å². The molecule has 1 aromatic heterocycles. The largest absolute Gasteiger partial charge is 0.369 e. The molecule has 0 bridgehead atoms. The number of rotatable bonds is 3. The molecule has 0 N–H and O–H groups in total. The predicted molar refractivity (Wildman–Crippen MR) is 80.1 cm³/mol. The smallest absolute Gasteiger partial charge is 0.175 e. The van der Waals surface area contributed by atoms with Crippen LogP contribution in [0, 0.1) is 11.3 Å². The first kappa shape index (κ1) is 14.4. The summed E-state index contributed by atoms with van der Waals surface area (Å²) < 4.78 is 1.54. The van der Waals surface area contributed by atoms with Gasteiger partial charge in [-0.1, -0.05) is 23.2 Å². The summed E-state index contributed by atoms with van der Waals surface area (Å²) in [5, 5.41) is 14.1. The Bertz CT molecular complexity index is 697. The van der Waals surface area contributed by atoms with Crippen molar-refractivity contribution in [1.29, 1.82) is 5.26 Å². The van der Waals surface area contributed by atoms with Crippen LogP contribution < -0.4 is 0 Å². The second-order valence-electron chi connectivity index (χ2n) is 4.21. The van der Waals surface area contributed by atoms with Gasteiger partial charge in [0.2, 0.25) is 0 Å². The molecule has 1 aromatic carbocycles. The lowest BCUT2D eigenvalue weighted by Crippen LogP contribution is -2.07. The molecule has 0 saturated heterocycles. The minimum Gasteiger partial charge on any atom is -0.369 e. The highest BCUT2D eigenvalue weighted by Crippen LogP contribution is 2.28. The van der Waals surface area contributed by atoms with E-state index < -0.39 is 0 Å². The van der Waals surface area contributed by atoms with Crippen LogP contribution in [0.15, 0.2) is 29.4 Å². The summed E-state index contributed by atoms with van der Waals surface area (Å²) in [4.78, 5) is 6.04. The number of aliphatic imine (C=N–C) groups is 1. The highest BCUT2D eigenvalue weighted by molar-refractivity contribution is 6.42. The SMILES string of the molecule is CN(C)C=Nc1c(C#N)cnn1-c1ccc(Cl)c(Cl)c1. The molecule has 0 aliphatic rings. The van der Waals surface area contributed by atoms with Crippen molar-refractivity contribution >= 4 is 35.4 Å². The summed E-state index contributed by atoms with van der Waals surface area (Å²) in [7, 11) is 3.69. The van der Waals surface area contributed by atoms with Crippen LogP contribution in [0.5, 0.6) is 0 Å². The van der Waals surface area contributed by atoms with Gasteiger partial charge in [0.1, 0.15) is 11.6 Å². The number of hydrogen-bond acceptors (Lipinski definition) is 3. The Hall–Kier alpha value is -2.03. The summed E-state index contributed by atoms with van der Waals surface area (Å²) in [5.41, 5.74) is 1.07. The van der Waals surface area contributed by atoms with Crippen LogP contribution >= 0.6 is 23.2 Å². The van der Waals surface area contributed by atoms with Gasteiger partial charge >= 0.3 is 0 Å². The summed E-state index contributed by atoms with van der Waals surface area (Å²) in [5.74, 6) is 0.444. The lowest BCUT2D eigenvalue weighted by molar-refractivity contribution is 0.642. The lowest BCUT2D eigenvalue weighted by Gasteiger charge is -2.07. The van der Waals surface area contributed by atoms with E-state index in [1.807, 2.05) is 14.1 Å². The second kappa shape index (κ2) is 5.95. The average Bonchev–Trinajstić information content (AvgIpc) is 2.82. The molecule has 0 aliphatic carbocycles. The molecule has 2 aromatic rings. The second-order valence-corrected chi connectivity index (χ2v) is 5.03. The lowest BCUT2D eigenvalue weighted by atomic mass is 10.3. The summed E-state index contributed by atoms with van der Waals surface area (Å²) in [6.45, 7) is 0. The Morgan fingerprint density at radius 3 is 2.70 bits per heavy atom. The molecule has 7 heteroatoms. The third kappa shape index (κ3) is 2.93. The van der Waals surface area contributed by atoms with Gasteiger partial charge in [0.05, 0.1) is 28.3 Å². The molecule has 0 radical (unpaired) electrons. The number of halogens is 2. The minimum atomic E-state index is 0.383. The van der Waals surface area contributed by atoms with E-state index in [1.54, 1.807) is 34.1 Å². The summed E-state index contributed by atoms with van der Waals surface area (Å²) in [6, 6.07) is 7.17. The van der Waals surface area contributed by atoms with Crippen molar-refractivity contribution in [3.63, 3.8) is 0 Å². The summed E-state index contributed by atoms with van der Waals surface area (Å²) >= 11 is 11.9. The maximum absolute atomic E-state index is 9.10. The van der Waals surface area contributed by atoms with Crippen LogP contribution in [0.1, 0.15) is 5.56 Å². The van der Waals surface area contributed by atoms with Gasteiger partial charge < -0.3 is 4.90 Å². The van der Waals surface area contributed by atoms with Crippen LogP contribution in [-0.2, 0) is 0 Å². The van der Waals surface area contributed by atoms with Crippen molar-refractivity contribution < 1.29 is 0 Å². The normalized spacial score (nSPS) is 10.8. The van der Waals surface area contributed by atoms with Crippen LogP contribution in [-0.4, -0.2) is 35.1 Å². The Morgan fingerprint density at radius 2 is 2.10 bits per heavy atom. The monoisotopic (exact) mass is 307 g/mol. The van der Waals surface area contributed by atoms with Crippen molar-refractivity contribution in [3.05, 3.63) is 40.0 Å². The molecule has 20 heavy (non-hydrogen) atoms. The third-order valence-corrected chi connectivity index (χ3v) is 3.16. The first-order valence-electron chi connectivity index (χ1n) is 5.67. The molecule has 0 amide bonds. The average molecular weight is 308 g/mol. The van der Waals surface area contributed by atoms with Gasteiger partial charge in [0, 0.05) is 14.1 Å². The molecule has 5 nitrogen and oxygen atoms in total. The summed E-state index contributed by atoms with van der Waals surface area (Å²) in [6.07, 6.45) is 3.07. The fourth-order valence-corrected chi connectivity index (χ4v) is 1.81. The zero-order valence-electron chi connectivity index (χ0n) is 10.9. The van der Waals surface area contributed by atoms with Crippen molar-refractivity contribution in [2.24, 2.45) is 4.99 Å². The topological polar surface area (TPSA) is 57.2 Å². The van der Waals surface area contributed by atoms with Gasteiger partial charge in [-0.3, -0.25) is 0 Å². The van der Waals surface area contributed by atoms with Gasteiger partial charge in [-0.25, -0.2) is 9.67 Å². The molecule has 0 atom stereocenters. The standard InChI is InChI=1S/C13H11Cl2N5/c1-19(2)8-17-13-9(6-16)7-18-20(13)10-3-4-11(14)12(15)5-10/h3-5,7-8H,1-2H3. The minimum absolute atomic E-state index is 0.383. The molecule has 0 aliphatic heterocycles. The molecule has 2 rings (SSSR count). The van der Waals surface area contributed by atoms with E-state index in [0.29, 0.717) is 27.1 Å².